The van der Waals surface area contributed by atoms with Crippen molar-refractivity contribution in [2.75, 3.05) is 0 Å². The highest BCUT2D eigenvalue weighted by Crippen LogP contribution is 2.24. The van der Waals surface area contributed by atoms with Crippen LogP contribution in [0.25, 0.3) is 11.1 Å². The van der Waals surface area contributed by atoms with Crippen molar-refractivity contribution >= 4 is 8.07 Å². The van der Waals surface area contributed by atoms with Gasteiger partial charge in [-0.15, -0.1) is 5.54 Å². The Balaban J connectivity index is 2.41. The Labute approximate surface area is 121 Å². The summed E-state index contributed by atoms with van der Waals surface area (Å²) >= 11 is 0. The number of rotatable bonds is 1. The quantitative estimate of drug-likeness (QED) is 0.508. The summed E-state index contributed by atoms with van der Waals surface area (Å²) in [4.78, 5) is 0. The molecule has 0 aromatic heterocycles. The van der Waals surface area contributed by atoms with Gasteiger partial charge in [-0.2, -0.15) is 0 Å². The molecule has 20 heavy (non-hydrogen) atoms. The minimum Gasteiger partial charge on any atom is -0.207 e. The van der Waals surface area contributed by atoms with Crippen molar-refractivity contribution in [3.8, 4) is 22.6 Å². The molecule has 0 atom stereocenters. The van der Waals surface area contributed by atoms with Crippen molar-refractivity contribution in [1.82, 2.24) is 0 Å². The summed E-state index contributed by atoms with van der Waals surface area (Å²) < 4.78 is 13.2. The zero-order valence-corrected chi connectivity index (χ0v) is 13.4. The van der Waals surface area contributed by atoms with Crippen LogP contribution in [-0.4, -0.2) is 8.07 Å². The van der Waals surface area contributed by atoms with E-state index in [4.69, 9.17) is 0 Å². The molecule has 2 aromatic carbocycles. The highest BCUT2D eigenvalue weighted by Gasteiger charge is 2.08. The van der Waals surface area contributed by atoms with Crippen molar-refractivity contribution in [3.05, 3.63) is 59.4 Å². The Kier molecular flexibility index (Phi) is 4.11. The lowest BCUT2D eigenvalue weighted by molar-refractivity contribution is 0.627. The average molecular weight is 282 g/mol. The lowest BCUT2D eigenvalue weighted by atomic mass is 9.99. The molecular formula is C18H19FSi. The van der Waals surface area contributed by atoms with Gasteiger partial charge in [0.1, 0.15) is 13.9 Å². The summed E-state index contributed by atoms with van der Waals surface area (Å²) in [6.07, 6.45) is 0. The zero-order chi connectivity index (χ0) is 14.8. The molecule has 0 nitrogen and oxygen atoms in total. The second-order valence-electron chi connectivity index (χ2n) is 6.04. The molecule has 0 heterocycles. The van der Waals surface area contributed by atoms with Gasteiger partial charge in [-0.05, 0) is 47.9 Å². The smallest absolute Gasteiger partial charge is 0.129 e. The van der Waals surface area contributed by atoms with Crippen molar-refractivity contribution in [2.45, 2.75) is 26.6 Å². The van der Waals surface area contributed by atoms with Gasteiger partial charge in [-0.3, -0.25) is 0 Å². The van der Waals surface area contributed by atoms with E-state index in [-0.39, 0.29) is 5.82 Å². The van der Waals surface area contributed by atoms with Crippen molar-refractivity contribution in [2.24, 2.45) is 0 Å². The van der Waals surface area contributed by atoms with Gasteiger partial charge in [-0.25, -0.2) is 4.39 Å². The first-order valence-corrected chi connectivity index (χ1v) is 10.2. The highest BCUT2D eigenvalue weighted by molar-refractivity contribution is 6.83. The first kappa shape index (κ1) is 14.6. The molecule has 0 N–H and O–H groups in total. The van der Waals surface area contributed by atoms with Crippen LogP contribution >= 0.6 is 0 Å². The van der Waals surface area contributed by atoms with Crippen LogP contribution in [0, 0.1) is 24.2 Å². The molecule has 0 spiro atoms. The van der Waals surface area contributed by atoms with Crippen molar-refractivity contribution in [1.29, 1.82) is 0 Å². The van der Waals surface area contributed by atoms with E-state index in [0.29, 0.717) is 0 Å². The van der Waals surface area contributed by atoms with Gasteiger partial charge < -0.3 is 0 Å². The predicted octanol–water partition coefficient (Wildman–Crippen LogP) is 5.03. The second kappa shape index (κ2) is 5.64. The molecule has 0 aliphatic rings. The van der Waals surface area contributed by atoms with Gasteiger partial charge in [0.05, 0.1) is 0 Å². The first-order chi connectivity index (χ1) is 9.35. The summed E-state index contributed by atoms with van der Waals surface area (Å²) in [7, 11) is -1.37. The molecule has 2 rings (SSSR count). The third-order valence-corrected chi connectivity index (χ3v) is 3.82. The first-order valence-electron chi connectivity index (χ1n) is 6.75. The number of halogens is 1. The molecule has 0 saturated carbocycles. The van der Waals surface area contributed by atoms with Gasteiger partial charge in [0.15, 0.2) is 0 Å². The van der Waals surface area contributed by atoms with Crippen molar-refractivity contribution < 1.29 is 4.39 Å². The summed E-state index contributed by atoms with van der Waals surface area (Å²) in [6, 6.07) is 13.0. The lowest BCUT2D eigenvalue weighted by Gasteiger charge is -2.07. The number of hydrogen-bond acceptors (Lipinski definition) is 0. The molecule has 2 aromatic rings. The van der Waals surface area contributed by atoms with Crippen LogP contribution < -0.4 is 0 Å². The number of benzene rings is 2. The van der Waals surface area contributed by atoms with E-state index in [2.05, 4.69) is 37.2 Å². The van der Waals surface area contributed by atoms with E-state index < -0.39 is 8.07 Å². The van der Waals surface area contributed by atoms with Gasteiger partial charge in [-0.1, -0.05) is 43.8 Å². The van der Waals surface area contributed by atoms with Gasteiger partial charge in [0.25, 0.3) is 0 Å². The molecule has 0 saturated heterocycles. The number of aryl methyl sites for hydroxylation is 1. The van der Waals surface area contributed by atoms with Gasteiger partial charge in [0, 0.05) is 5.56 Å². The fourth-order valence-electron chi connectivity index (χ4n) is 1.98. The Bertz CT molecular complexity index is 685. The summed E-state index contributed by atoms with van der Waals surface area (Å²) in [5.41, 5.74) is 7.48. The molecule has 102 valence electrons. The van der Waals surface area contributed by atoms with Crippen molar-refractivity contribution in [3.63, 3.8) is 0 Å². The summed E-state index contributed by atoms with van der Waals surface area (Å²) in [5.74, 6) is 3.07. The van der Waals surface area contributed by atoms with E-state index in [9.17, 15) is 4.39 Å². The highest BCUT2D eigenvalue weighted by atomic mass is 28.3. The van der Waals surface area contributed by atoms with Crippen LogP contribution in [0.2, 0.25) is 19.6 Å². The molecule has 0 fully saturated rings. The topological polar surface area (TPSA) is 0 Å². The SMILES string of the molecule is Cc1cc(F)ccc1-c1cccc(C#C[Si](C)(C)C)c1. The fourth-order valence-corrected chi connectivity index (χ4v) is 2.49. The second-order valence-corrected chi connectivity index (χ2v) is 10.8. The largest absolute Gasteiger partial charge is 0.207 e. The molecule has 0 aliphatic heterocycles. The molecule has 2 heteroatoms. The standard InChI is InChI=1S/C18H19FSi/c1-14-12-17(19)8-9-18(14)16-7-5-6-15(13-16)10-11-20(2,3)4/h5-9,12-13H,1-4H3. The Morgan fingerprint density at radius 2 is 1.75 bits per heavy atom. The maximum atomic E-state index is 13.2. The van der Waals surface area contributed by atoms with Crippen LogP contribution in [0.1, 0.15) is 11.1 Å². The van der Waals surface area contributed by atoms with Crippen LogP contribution in [0.3, 0.4) is 0 Å². The van der Waals surface area contributed by atoms with E-state index >= 15 is 0 Å². The third kappa shape index (κ3) is 3.82. The maximum Gasteiger partial charge on any atom is 0.129 e. The van der Waals surface area contributed by atoms with Crippen LogP contribution in [0.15, 0.2) is 42.5 Å². The molecule has 0 radical (unpaired) electrons. The third-order valence-electron chi connectivity index (χ3n) is 2.94. The minimum absolute atomic E-state index is 0.194. The van der Waals surface area contributed by atoms with E-state index in [0.717, 1.165) is 22.3 Å². The Morgan fingerprint density at radius 3 is 2.40 bits per heavy atom. The molecule has 0 aliphatic carbocycles. The molecule has 0 amide bonds. The van der Waals surface area contributed by atoms with Gasteiger partial charge in [0.2, 0.25) is 0 Å². The Morgan fingerprint density at radius 1 is 1.00 bits per heavy atom. The van der Waals surface area contributed by atoms with Crippen LogP contribution in [0.4, 0.5) is 4.39 Å². The average Bonchev–Trinajstić information content (AvgIpc) is 2.36. The molecule has 0 unspecified atom stereocenters. The van der Waals surface area contributed by atoms with Crippen LogP contribution in [0.5, 0.6) is 0 Å². The normalized spacial score (nSPS) is 10.8. The molecular weight excluding hydrogens is 263 g/mol. The lowest BCUT2D eigenvalue weighted by Crippen LogP contribution is -2.16. The maximum absolute atomic E-state index is 13.2. The minimum atomic E-state index is -1.37. The van der Waals surface area contributed by atoms with E-state index in [1.165, 1.54) is 6.07 Å². The Hall–Kier alpha value is -1.85. The molecule has 0 bridgehead atoms. The fraction of sp³-hybridized carbons (Fsp3) is 0.222. The number of hydrogen-bond donors (Lipinski definition) is 0. The van der Waals surface area contributed by atoms with Crippen LogP contribution in [-0.2, 0) is 0 Å². The zero-order valence-electron chi connectivity index (χ0n) is 12.4. The van der Waals surface area contributed by atoms with Gasteiger partial charge >= 0.3 is 0 Å². The predicted molar refractivity (Wildman–Crippen MR) is 86.8 cm³/mol. The van der Waals surface area contributed by atoms with E-state index in [1.807, 2.05) is 31.2 Å². The summed E-state index contributed by atoms with van der Waals surface area (Å²) in [5, 5.41) is 0. The van der Waals surface area contributed by atoms with E-state index in [1.54, 1.807) is 6.07 Å². The summed E-state index contributed by atoms with van der Waals surface area (Å²) in [6.45, 7) is 8.62. The monoisotopic (exact) mass is 282 g/mol.